The van der Waals surface area contributed by atoms with E-state index in [1.807, 2.05) is 0 Å². The second-order valence-corrected chi connectivity index (χ2v) is 6.42. The molecule has 1 atom stereocenters. The summed E-state index contributed by atoms with van der Waals surface area (Å²) < 4.78 is 76.5. The zero-order valence-corrected chi connectivity index (χ0v) is 14.3. The maximum absolute atomic E-state index is 12.8. The molecule has 1 unspecified atom stereocenters. The third kappa shape index (κ3) is 6.59. The number of benzene rings is 1. The molecule has 1 aromatic rings. The molecule has 1 saturated heterocycles. The van der Waals surface area contributed by atoms with Crippen LogP contribution in [0.2, 0.25) is 0 Å². The Labute approximate surface area is 150 Å². The minimum absolute atomic E-state index is 0. The van der Waals surface area contributed by atoms with Crippen LogP contribution in [0.5, 0.6) is 0 Å². The average Bonchev–Trinajstić information content (AvgIpc) is 2.46. The summed E-state index contributed by atoms with van der Waals surface area (Å²) in [5, 5.41) is 5.19. The summed E-state index contributed by atoms with van der Waals surface area (Å²) in [5.41, 5.74) is -3.44. The van der Waals surface area contributed by atoms with Crippen LogP contribution in [0.3, 0.4) is 0 Å². The van der Waals surface area contributed by atoms with Gasteiger partial charge in [0.05, 0.1) is 11.1 Å². The van der Waals surface area contributed by atoms with Gasteiger partial charge >= 0.3 is 12.4 Å². The Morgan fingerprint density at radius 2 is 1.68 bits per heavy atom. The van der Waals surface area contributed by atoms with Crippen molar-refractivity contribution in [3.05, 3.63) is 29.3 Å². The lowest BCUT2D eigenvalue weighted by Crippen LogP contribution is -2.39. The summed E-state index contributed by atoms with van der Waals surface area (Å²) in [7, 11) is 0. The van der Waals surface area contributed by atoms with Gasteiger partial charge in [-0.1, -0.05) is 0 Å². The summed E-state index contributed by atoms with van der Waals surface area (Å²) >= 11 is 1.62. The quantitative estimate of drug-likeness (QED) is 0.737. The van der Waals surface area contributed by atoms with Crippen LogP contribution in [0.15, 0.2) is 18.2 Å². The molecule has 0 bridgehead atoms. The number of rotatable bonds is 3. The Kier molecular flexibility index (Phi) is 7.45. The first kappa shape index (κ1) is 21.9. The monoisotopic (exact) mass is 408 g/mol. The number of carbonyl (C=O) groups excluding carboxylic acids is 1. The highest BCUT2D eigenvalue weighted by Crippen LogP contribution is 2.37. The van der Waals surface area contributed by atoms with Crippen molar-refractivity contribution in [3.63, 3.8) is 0 Å². The van der Waals surface area contributed by atoms with E-state index < -0.39 is 35.1 Å². The Hall–Kier alpha value is -1.13. The molecule has 1 heterocycles. The second kappa shape index (κ2) is 8.50. The molecule has 2 rings (SSSR count). The molecule has 142 valence electrons. The molecule has 0 aliphatic carbocycles. The molecule has 0 aromatic heterocycles. The Balaban J connectivity index is 0.00000312. The summed E-state index contributed by atoms with van der Waals surface area (Å²) in [6.45, 7) is 0.699. The Morgan fingerprint density at radius 3 is 2.12 bits per heavy atom. The minimum atomic E-state index is -4.94. The van der Waals surface area contributed by atoms with Gasteiger partial charge < -0.3 is 10.6 Å². The van der Waals surface area contributed by atoms with Gasteiger partial charge in [0.15, 0.2) is 0 Å². The highest BCUT2D eigenvalue weighted by Gasteiger charge is 2.37. The van der Waals surface area contributed by atoms with E-state index in [-0.39, 0.29) is 30.9 Å². The largest absolute Gasteiger partial charge is 0.416 e. The molecule has 2 N–H and O–H groups in total. The normalized spacial score (nSPS) is 18.4. The van der Waals surface area contributed by atoms with Crippen molar-refractivity contribution in [3.8, 4) is 0 Å². The van der Waals surface area contributed by atoms with Gasteiger partial charge in [-0.15, -0.1) is 12.4 Å². The van der Waals surface area contributed by atoms with Gasteiger partial charge in [0, 0.05) is 36.2 Å². The number of hydrogen-bond donors (Lipinski definition) is 2. The van der Waals surface area contributed by atoms with Crippen molar-refractivity contribution >= 4 is 35.8 Å². The fourth-order valence-electron chi connectivity index (χ4n) is 2.21. The molecule has 3 nitrogen and oxygen atoms in total. The molecule has 1 fully saturated rings. The van der Waals surface area contributed by atoms with Crippen molar-refractivity contribution in [1.82, 2.24) is 5.32 Å². The molecule has 0 radical (unpaired) electrons. The van der Waals surface area contributed by atoms with Gasteiger partial charge in [-0.25, -0.2) is 0 Å². The lowest BCUT2D eigenvalue weighted by Gasteiger charge is -2.22. The highest BCUT2D eigenvalue weighted by molar-refractivity contribution is 7.99. The van der Waals surface area contributed by atoms with Crippen LogP contribution in [0, 0.1) is 0 Å². The number of nitrogens with one attached hydrogen (secondary N) is 2. The second-order valence-electron chi connectivity index (χ2n) is 5.27. The van der Waals surface area contributed by atoms with Crippen molar-refractivity contribution in [2.45, 2.75) is 24.8 Å². The molecule has 25 heavy (non-hydrogen) atoms. The zero-order valence-electron chi connectivity index (χ0n) is 12.6. The summed E-state index contributed by atoms with van der Waals surface area (Å²) in [6.07, 6.45) is -9.91. The van der Waals surface area contributed by atoms with Crippen LogP contribution in [0.1, 0.15) is 17.5 Å². The van der Waals surface area contributed by atoms with E-state index >= 15 is 0 Å². The molecule has 1 aromatic carbocycles. The van der Waals surface area contributed by atoms with E-state index in [0.29, 0.717) is 24.4 Å². The van der Waals surface area contributed by atoms with Gasteiger partial charge in [0.25, 0.3) is 0 Å². The fraction of sp³-hybridized carbons (Fsp3) is 0.500. The van der Waals surface area contributed by atoms with Crippen LogP contribution in [-0.2, 0) is 17.1 Å². The summed E-state index contributed by atoms with van der Waals surface area (Å²) in [5.74, 6) is 0.910. The van der Waals surface area contributed by atoms with Gasteiger partial charge in [-0.05, 0) is 18.2 Å². The number of alkyl halides is 6. The third-order valence-electron chi connectivity index (χ3n) is 3.30. The van der Waals surface area contributed by atoms with Crippen molar-refractivity contribution in [1.29, 1.82) is 0 Å². The van der Waals surface area contributed by atoms with Gasteiger partial charge in [0.1, 0.15) is 0 Å². The molecular weight excluding hydrogens is 394 g/mol. The lowest BCUT2D eigenvalue weighted by molar-refractivity contribution is -0.143. The minimum Gasteiger partial charge on any atom is -0.326 e. The van der Waals surface area contributed by atoms with E-state index in [9.17, 15) is 31.1 Å². The smallest absolute Gasteiger partial charge is 0.326 e. The summed E-state index contributed by atoms with van der Waals surface area (Å²) in [4.78, 5) is 11.9. The average molecular weight is 409 g/mol. The fourth-order valence-corrected chi connectivity index (χ4v) is 3.16. The molecule has 1 aliphatic rings. The Bertz CT molecular complexity index is 570. The van der Waals surface area contributed by atoms with Crippen LogP contribution in [0.25, 0.3) is 0 Å². The van der Waals surface area contributed by atoms with Crippen molar-refractivity contribution < 1.29 is 31.1 Å². The number of thioether (sulfide) groups is 1. The van der Waals surface area contributed by atoms with Crippen LogP contribution in [0.4, 0.5) is 32.0 Å². The molecular formula is C14H15ClF6N2OS. The number of amides is 1. The Morgan fingerprint density at radius 1 is 1.12 bits per heavy atom. The van der Waals surface area contributed by atoms with Crippen LogP contribution >= 0.6 is 24.2 Å². The number of anilines is 1. The highest BCUT2D eigenvalue weighted by atomic mass is 35.5. The molecule has 0 saturated carbocycles. The SMILES string of the molecule is Cl.O=C(CC1CSCCN1)Nc1cc(C(F)(F)F)cc(C(F)(F)F)c1. The zero-order chi connectivity index (χ0) is 18.0. The van der Waals surface area contributed by atoms with Crippen LogP contribution < -0.4 is 10.6 Å². The standard InChI is InChI=1S/C14H14F6N2OS.ClH/c15-13(16,17)8-3-9(14(18,19)20)5-10(4-8)22-12(23)6-11-7-24-2-1-21-11;/h3-5,11,21H,1-2,6-7H2,(H,22,23);1H. The number of hydrogen-bond acceptors (Lipinski definition) is 3. The first-order chi connectivity index (χ1) is 11.1. The molecule has 11 heteroatoms. The number of carbonyl (C=O) groups is 1. The van der Waals surface area contributed by atoms with E-state index in [1.54, 1.807) is 11.8 Å². The van der Waals surface area contributed by atoms with Gasteiger partial charge in [-0.2, -0.15) is 38.1 Å². The molecule has 1 amide bonds. The van der Waals surface area contributed by atoms with Crippen molar-refractivity contribution in [2.75, 3.05) is 23.4 Å². The maximum Gasteiger partial charge on any atom is 0.416 e. The van der Waals surface area contributed by atoms with Gasteiger partial charge in [0.2, 0.25) is 5.91 Å². The van der Waals surface area contributed by atoms with E-state index in [0.717, 1.165) is 5.75 Å². The van der Waals surface area contributed by atoms with Crippen LogP contribution in [-0.4, -0.2) is 30.0 Å². The summed E-state index contributed by atoms with van der Waals surface area (Å²) in [6, 6.07) is 0.859. The first-order valence-corrected chi connectivity index (χ1v) is 8.11. The molecule has 0 spiro atoms. The topological polar surface area (TPSA) is 41.1 Å². The van der Waals surface area contributed by atoms with Gasteiger partial charge in [-0.3, -0.25) is 4.79 Å². The van der Waals surface area contributed by atoms with E-state index in [2.05, 4.69) is 10.6 Å². The van der Waals surface area contributed by atoms with E-state index in [1.165, 1.54) is 0 Å². The molecule has 1 aliphatic heterocycles. The predicted molar refractivity (Wildman–Crippen MR) is 86.1 cm³/mol. The lowest BCUT2D eigenvalue weighted by atomic mass is 10.1. The maximum atomic E-state index is 12.8. The van der Waals surface area contributed by atoms with E-state index in [4.69, 9.17) is 0 Å². The third-order valence-corrected chi connectivity index (χ3v) is 4.43. The first-order valence-electron chi connectivity index (χ1n) is 6.96. The van der Waals surface area contributed by atoms with Crippen molar-refractivity contribution in [2.24, 2.45) is 0 Å². The predicted octanol–water partition coefficient (Wildman–Crippen LogP) is 4.18. The number of halogens is 7.